The van der Waals surface area contributed by atoms with E-state index in [1.165, 1.54) is 4.68 Å². The van der Waals surface area contributed by atoms with Crippen LogP contribution in [0.4, 0.5) is 5.95 Å². The first-order valence-corrected chi connectivity index (χ1v) is 6.95. The number of carbonyl (C=O) groups is 1. The van der Waals surface area contributed by atoms with E-state index >= 15 is 0 Å². The fraction of sp³-hybridized carbons (Fsp3) is 0.357. The van der Waals surface area contributed by atoms with Gasteiger partial charge in [-0.3, -0.25) is 4.98 Å². The number of ether oxygens (including phenoxy) is 1. The number of rotatable bonds is 3. The smallest absolute Gasteiger partial charge is 0.338 e. The Bertz CT molecular complexity index is 722. The minimum absolute atomic E-state index is 0.215. The van der Waals surface area contributed by atoms with Gasteiger partial charge < -0.3 is 10.1 Å². The van der Waals surface area contributed by atoms with Crippen LogP contribution in [0.5, 0.6) is 0 Å². The number of hydrogen-bond acceptors (Lipinski definition) is 7. The van der Waals surface area contributed by atoms with E-state index in [2.05, 4.69) is 25.8 Å². The Morgan fingerprint density at radius 3 is 2.91 bits per heavy atom. The largest absolute Gasteiger partial charge is 0.459 e. The maximum Gasteiger partial charge on any atom is 0.338 e. The zero-order chi connectivity index (χ0) is 15.7. The Kier molecular flexibility index (Phi) is 3.58. The Labute approximate surface area is 127 Å². The molecule has 1 atom stereocenters. The number of anilines is 1. The normalized spacial score (nSPS) is 17.2. The van der Waals surface area contributed by atoms with E-state index in [9.17, 15) is 4.79 Å². The standard InChI is InChI=1S/C14H16N6O2/c1-8(2)22-13(21)11-9(3)16-14-17-18-19-20(14)12(11)10-6-4-5-7-15-10/h4-8,12H,1-3H3,(H,16,17,19). The summed E-state index contributed by atoms with van der Waals surface area (Å²) in [4.78, 5) is 16.8. The van der Waals surface area contributed by atoms with Gasteiger partial charge in [-0.05, 0) is 43.3 Å². The highest BCUT2D eigenvalue weighted by molar-refractivity contribution is 5.92. The molecule has 8 nitrogen and oxygen atoms in total. The summed E-state index contributed by atoms with van der Waals surface area (Å²) in [6.45, 7) is 5.41. The van der Waals surface area contributed by atoms with Crippen LogP contribution in [0.3, 0.4) is 0 Å². The van der Waals surface area contributed by atoms with Crippen molar-refractivity contribution in [1.82, 2.24) is 25.2 Å². The molecule has 0 aromatic carbocycles. The minimum atomic E-state index is -0.515. The van der Waals surface area contributed by atoms with Gasteiger partial charge in [-0.1, -0.05) is 11.2 Å². The molecule has 0 bridgehead atoms. The quantitative estimate of drug-likeness (QED) is 0.854. The van der Waals surface area contributed by atoms with Crippen LogP contribution in [0.15, 0.2) is 35.7 Å². The number of carbonyl (C=O) groups excluding carboxylic acids is 1. The molecule has 0 saturated carbocycles. The molecule has 22 heavy (non-hydrogen) atoms. The van der Waals surface area contributed by atoms with Gasteiger partial charge >= 0.3 is 5.97 Å². The molecule has 0 saturated heterocycles. The molecule has 114 valence electrons. The molecule has 2 aromatic heterocycles. The van der Waals surface area contributed by atoms with Gasteiger partial charge in [-0.2, -0.15) is 4.68 Å². The lowest BCUT2D eigenvalue weighted by molar-refractivity contribution is -0.143. The van der Waals surface area contributed by atoms with Crippen molar-refractivity contribution in [3.63, 3.8) is 0 Å². The molecule has 0 aliphatic carbocycles. The number of hydrogen-bond donors (Lipinski definition) is 1. The molecule has 2 aromatic rings. The van der Waals surface area contributed by atoms with Crippen LogP contribution in [0.2, 0.25) is 0 Å². The van der Waals surface area contributed by atoms with Gasteiger partial charge in [0.05, 0.1) is 17.4 Å². The van der Waals surface area contributed by atoms with Crippen LogP contribution in [-0.2, 0) is 9.53 Å². The summed E-state index contributed by atoms with van der Waals surface area (Å²) in [5, 5.41) is 14.6. The number of allylic oxidation sites excluding steroid dienone is 1. The molecule has 1 aliphatic rings. The van der Waals surface area contributed by atoms with E-state index in [-0.39, 0.29) is 6.10 Å². The van der Waals surface area contributed by atoms with Crippen molar-refractivity contribution in [3.05, 3.63) is 41.4 Å². The van der Waals surface area contributed by atoms with Crippen molar-refractivity contribution >= 4 is 11.9 Å². The molecule has 1 unspecified atom stereocenters. The number of nitrogens with zero attached hydrogens (tertiary/aromatic N) is 5. The molecular weight excluding hydrogens is 284 g/mol. The molecule has 0 radical (unpaired) electrons. The van der Waals surface area contributed by atoms with E-state index < -0.39 is 12.0 Å². The van der Waals surface area contributed by atoms with Crippen LogP contribution >= 0.6 is 0 Å². The maximum atomic E-state index is 12.5. The molecule has 3 rings (SSSR count). The highest BCUT2D eigenvalue weighted by Gasteiger charge is 2.35. The monoisotopic (exact) mass is 300 g/mol. The van der Waals surface area contributed by atoms with Crippen molar-refractivity contribution in [2.45, 2.75) is 32.9 Å². The third kappa shape index (κ3) is 2.43. The molecule has 0 fully saturated rings. The van der Waals surface area contributed by atoms with Crippen molar-refractivity contribution in [1.29, 1.82) is 0 Å². The fourth-order valence-corrected chi connectivity index (χ4v) is 2.37. The summed E-state index contributed by atoms with van der Waals surface area (Å²) in [5.41, 5.74) is 1.78. The third-order valence-electron chi connectivity index (χ3n) is 3.24. The highest BCUT2D eigenvalue weighted by Crippen LogP contribution is 2.33. The van der Waals surface area contributed by atoms with E-state index in [0.717, 1.165) is 0 Å². The van der Waals surface area contributed by atoms with E-state index in [1.54, 1.807) is 13.1 Å². The number of nitrogens with one attached hydrogen (secondary N) is 1. The van der Waals surface area contributed by atoms with Crippen LogP contribution in [0, 0.1) is 0 Å². The third-order valence-corrected chi connectivity index (χ3v) is 3.24. The second-order valence-corrected chi connectivity index (χ2v) is 5.22. The lowest BCUT2D eigenvalue weighted by Gasteiger charge is -2.27. The summed E-state index contributed by atoms with van der Waals surface area (Å²) in [6.07, 6.45) is 1.45. The van der Waals surface area contributed by atoms with Crippen molar-refractivity contribution in [2.24, 2.45) is 0 Å². The zero-order valence-electron chi connectivity index (χ0n) is 12.5. The van der Waals surface area contributed by atoms with Crippen LogP contribution in [-0.4, -0.2) is 37.3 Å². The van der Waals surface area contributed by atoms with E-state index in [0.29, 0.717) is 22.9 Å². The predicted molar refractivity (Wildman–Crippen MR) is 77.7 cm³/mol. The Hall–Kier alpha value is -2.77. The fourth-order valence-electron chi connectivity index (χ4n) is 2.37. The lowest BCUT2D eigenvalue weighted by Crippen LogP contribution is -2.31. The first-order chi connectivity index (χ1) is 10.6. The first kappa shape index (κ1) is 14.2. The van der Waals surface area contributed by atoms with Gasteiger partial charge in [0.25, 0.3) is 0 Å². The molecule has 0 spiro atoms. The summed E-state index contributed by atoms with van der Waals surface area (Å²) in [5.74, 6) is 0.0612. The van der Waals surface area contributed by atoms with Crippen molar-refractivity contribution in [3.8, 4) is 0 Å². The van der Waals surface area contributed by atoms with Crippen molar-refractivity contribution in [2.75, 3.05) is 5.32 Å². The van der Waals surface area contributed by atoms with E-state index in [4.69, 9.17) is 4.74 Å². The van der Waals surface area contributed by atoms with Crippen LogP contribution in [0.25, 0.3) is 0 Å². The van der Waals surface area contributed by atoms with Crippen LogP contribution in [0.1, 0.15) is 32.5 Å². The van der Waals surface area contributed by atoms with Gasteiger partial charge in [0.15, 0.2) is 0 Å². The van der Waals surface area contributed by atoms with Crippen molar-refractivity contribution < 1.29 is 9.53 Å². The van der Waals surface area contributed by atoms with Gasteiger partial charge in [-0.15, -0.1) is 0 Å². The van der Waals surface area contributed by atoms with Gasteiger partial charge in [-0.25, -0.2) is 4.79 Å². The number of aromatic nitrogens is 5. The Balaban J connectivity index is 2.10. The maximum absolute atomic E-state index is 12.5. The van der Waals surface area contributed by atoms with Gasteiger partial charge in [0, 0.05) is 11.9 Å². The summed E-state index contributed by atoms with van der Waals surface area (Å²) < 4.78 is 6.89. The topological polar surface area (TPSA) is 94.8 Å². The second-order valence-electron chi connectivity index (χ2n) is 5.22. The highest BCUT2D eigenvalue weighted by atomic mass is 16.5. The zero-order valence-corrected chi connectivity index (χ0v) is 12.5. The van der Waals surface area contributed by atoms with E-state index in [1.807, 2.05) is 32.0 Å². The molecule has 0 amide bonds. The molecular formula is C14H16N6O2. The van der Waals surface area contributed by atoms with Crippen LogP contribution < -0.4 is 5.32 Å². The number of pyridine rings is 1. The molecule has 1 aliphatic heterocycles. The lowest BCUT2D eigenvalue weighted by atomic mass is 10.00. The number of esters is 1. The second kappa shape index (κ2) is 5.55. The molecule has 1 N–H and O–H groups in total. The number of fused-ring (bicyclic) bond motifs is 1. The van der Waals surface area contributed by atoms with Gasteiger partial charge in [0.2, 0.25) is 5.95 Å². The number of tetrazole rings is 1. The average molecular weight is 300 g/mol. The predicted octanol–water partition coefficient (Wildman–Crippen LogP) is 1.31. The summed E-state index contributed by atoms with van der Waals surface area (Å²) >= 11 is 0. The SMILES string of the molecule is CC1=C(C(=O)OC(C)C)C(c2ccccn2)n2nnnc2N1. The summed E-state index contributed by atoms with van der Waals surface area (Å²) in [6, 6.07) is 4.99. The summed E-state index contributed by atoms with van der Waals surface area (Å²) in [7, 11) is 0. The minimum Gasteiger partial charge on any atom is -0.459 e. The molecule has 3 heterocycles. The first-order valence-electron chi connectivity index (χ1n) is 6.95. The molecule has 8 heteroatoms. The average Bonchev–Trinajstić information content (AvgIpc) is 2.93. The Morgan fingerprint density at radius 1 is 1.41 bits per heavy atom. The van der Waals surface area contributed by atoms with Gasteiger partial charge in [0.1, 0.15) is 6.04 Å². The Morgan fingerprint density at radius 2 is 2.23 bits per heavy atom.